The van der Waals surface area contributed by atoms with Crippen LogP contribution in [-0.2, 0) is 11.3 Å². The minimum absolute atomic E-state index is 0. The highest BCUT2D eigenvalue weighted by Crippen LogP contribution is 2.24. The molecule has 0 radical (unpaired) electrons. The second-order valence-corrected chi connectivity index (χ2v) is 5.28. The summed E-state index contributed by atoms with van der Waals surface area (Å²) in [4.78, 5) is 15.6. The average Bonchev–Trinajstić information content (AvgIpc) is 2.88. The predicted molar refractivity (Wildman–Crippen MR) is 75.1 cm³/mol. The third kappa shape index (κ3) is 5.16. The van der Waals surface area contributed by atoms with Gasteiger partial charge in [0.05, 0.1) is 6.54 Å². The van der Waals surface area contributed by atoms with E-state index in [1.165, 1.54) is 19.2 Å². The first-order chi connectivity index (χ1) is 8.68. The molecule has 1 aromatic rings. The zero-order valence-corrected chi connectivity index (χ0v) is 12.1. The molecule has 1 aliphatic heterocycles. The number of hydrogen-bond acceptors (Lipinski definition) is 4. The number of nitrogens with zero attached hydrogens (tertiary/aromatic N) is 3. The molecule has 1 fully saturated rings. The highest BCUT2D eigenvalue weighted by Gasteiger charge is 2.26. The molecule has 1 amide bonds. The van der Waals surface area contributed by atoms with Crippen molar-refractivity contribution in [2.45, 2.75) is 32.7 Å². The second-order valence-electron chi connectivity index (χ2n) is 5.28. The Kier molecular flexibility index (Phi) is 6.24. The van der Waals surface area contributed by atoms with Gasteiger partial charge in [-0.25, -0.2) is 4.98 Å². The molecule has 19 heavy (non-hydrogen) atoms. The van der Waals surface area contributed by atoms with Crippen molar-refractivity contribution in [1.82, 2.24) is 25.4 Å². The standard InChI is InChI=1S/C12H21N5O.ClH/c1-12(4-2-5-13-7-12)8-15-11(18)3-6-17-10-14-9-16-17;/h9-10,13H,2-8H2,1H3,(H,15,18);1H. The van der Waals surface area contributed by atoms with E-state index in [0.717, 1.165) is 19.6 Å². The fourth-order valence-corrected chi connectivity index (χ4v) is 2.23. The number of aromatic nitrogens is 3. The number of piperidine rings is 1. The summed E-state index contributed by atoms with van der Waals surface area (Å²) in [6.45, 7) is 5.63. The molecule has 0 aromatic carbocycles. The Morgan fingerprint density at radius 3 is 3.05 bits per heavy atom. The summed E-state index contributed by atoms with van der Waals surface area (Å²) in [6.07, 6.45) is 5.91. The lowest BCUT2D eigenvalue weighted by Gasteiger charge is -2.34. The van der Waals surface area contributed by atoms with Crippen molar-refractivity contribution < 1.29 is 4.79 Å². The Bertz CT molecular complexity index is 375. The van der Waals surface area contributed by atoms with E-state index in [1.807, 2.05) is 0 Å². The lowest BCUT2D eigenvalue weighted by molar-refractivity contribution is -0.121. The molecular weight excluding hydrogens is 266 g/mol. The van der Waals surface area contributed by atoms with Crippen LogP contribution in [0.5, 0.6) is 0 Å². The predicted octanol–water partition coefficient (Wildman–Crippen LogP) is 0.596. The number of amides is 1. The van der Waals surface area contributed by atoms with E-state index >= 15 is 0 Å². The van der Waals surface area contributed by atoms with E-state index in [0.29, 0.717) is 13.0 Å². The third-order valence-corrected chi connectivity index (χ3v) is 3.43. The highest BCUT2D eigenvalue weighted by atomic mass is 35.5. The highest BCUT2D eigenvalue weighted by molar-refractivity contribution is 5.85. The summed E-state index contributed by atoms with van der Waals surface area (Å²) >= 11 is 0. The van der Waals surface area contributed by atoms with E-state index in [9.17, 15) is 4.79 Å². The van der Waals surface area contributed by atoms with Crippen molar-refractivity contribution in [3.8, 4) is 0 Å². The summed E-state index contributed by atoms with van der Waals surface area (Å²) < 4.78 is 1.67. The van der Waals surface area contributed by atoms with Crippen molar-refractivity contribution in [3.05, 3.63) is 12.7 Å². The maximum atomic E-state index is 11.7. The van der Waals surface area contributed by atoms with Gasteiger partial charge in [0.25, 0.3) is 0 Å². The number of hydrogen-bond donors (Lipinski definition) is 2. The lowest BCUT2D eigenvalue weighted by atomic mass is 9.83. The van der Waals surface area contributed by atoms with Gasteiger partial charge in [-0.15, -0.1) is 12.4 Å². The number of rotatable bonds is 5. The van der Waals surface area contributed by atoms with Gasteiger partial charge in [-0.1, -0.05) is 6.92 Å². The molecule has 7 heteroatoms. The van der Waals surface area contributed by atoms with Crippen LogP contribution in [0.1, 0.15) is 26.2 Å². The first kappa shape index (κ1) is 15.9. The van der Waals surface area contributed by atoms with E-state index in [4.69, 9.17) is 0 Å². The molecule has 0 bridgehead atoms. The Hall–Kier alpha value is -1.14. The maximum absolute atomic E-state index is 11.7. The summed E-state index contributed by atoms with van der Waals surface area (Å²) in [7, 11) is 0. The molecule has 1 aliphatic rings. The molecule has 6 nitrogen and oxygen atoms in total. The maximum Gasteiger partial charge on any atom is 0.221 e. The van der Waals surface area contributed by atoms with Crippen molar-refractivity contribution in [2.75, 3.05) is 19.6 Å². The smallest absolute Gasteiger partial charge is 0.221 e. The molecule has 2 heterocycles. The minimum atomic E-state index is 0. The van der Waals surface area contributed by atoms with E-state index in [-0.39, 0.29) is 23.7 Å². The van der Waals surface area contributed by atoms with Gasteiger partial charge < -0.3 is 10.6 Å². The van der Waals surface area contributed by atoms with Crippen molar-refractivity contribution in [1.29, 1.82) is 0 Å². The normalized spacial score (nSPS) is 22.6. The molecular formula is C12H22ClN5O. The molecule has 0 aliphatic carbocycles. The van der Waals surface area contributed by atoms with Crippen LogP contribution in [-0.4, -0.2) is 40.3 Å². The third-order valence-electron chi connectivity index (χ3n) is 3.43. The molecule has 1 saturated heterocycles. The summed E-state index contributed by atoms with van der Waals surface area (Å²) in [6, 6.07) is 0. The van der Waals surface area contributed by atoms with Crippen LogP contribution in [0.4, 0.5) is 0 Å². The Morgan fingerprint density at radius 2 is 2.42 bits per heavy atom. The molecule has 1 unspecified atom stereocenters. The number of halogens is 1. The van der Waals surface area contributed by atoms with Gasteiger partial charge >= 0.3 is 0 Å². The van der Waals surface area contributed by atoms with Gasteiger partial charge in [-0.05, 0) is 24.8 Å². The van der Waals surface area contributed by atoms with Crippen LogP contribution >= 0.6 is 12.4 Å². The van der Waals surface area contributed by atoms with Crippen LogP contribution in [0.2, 0.25) is 0 Å². The van der Waals surface area contributed by atoms with Gasteiger partial charge in [0.1, 0.15) is 12.7 Å². The minimum Gasteiger partial charge on any atom is -0.355 e. The molecule has 0 saturated carbocycles. The van der Waals surface area contributed by atoms with Crippen molar-refractivity contribution in [3.63, 3.8) is 0 Å². The number of nitrogens with one attached hydrogen (secondary N) is 2. The molecule has 108 valence electrons. The summed E-state index contributed by atoms with van der Waals surface area (Å²) in [5.74, 6) is 0.0808. The average molecular weight is 288 g/mol. The number of carbonyl (C=O) groups is 1. The van der Waals surface area contributed by atoms with Crippen molar-refractivity contribution in [2.24, 2.45) is 5.41 Å². The van der Waals surface area contributed by atoms with Gasteiger partial charge in [0.2, 0.25) is 5.91 Å². The van der Waals surface area contributed by atoms with Crippen LogP contribution in [0.3, 0.4) is 0 Å². The topological polar surface area (TPSA) is 71.8 Å². The van der Waals surface area contributed by atoms with Gasteiger partial charge in [0.15, 0.2) is 0 Å². The Balaban J connectivity index is 0.00000180. The fraction of sp³-hybridized carbons (Fsp3) is 0.750. The quantitative estimate of drug-likeness (QED) is 0.832. The van der Waals surface area contributed by atoms with E-state index in [2.05, 4.69) is 27.6 Å². The van der Waals surface area contributed by atoms with Crippen LogP contribution < -0.4 is 10.6 Å². The number of aryl methyl sites for hydroxylation is 1. The summed E-state index contributed by atoms with van der Waals surface area (Å²) in [5.41, 5.74) is 0.196. The number of carbonyl (C=O) groups excluding carboxylic acids is 1. The van der Waals surface area contributed by atoms with Gasteiger partial charge in [0, 0.05) is 19.5 Å². The zero-order chi connectivity index (χ0) is 12.8. The lowest BCUT2D eigenvalue weighted by Crippen LogP contribution is -2.45. The van der Waals surface area contributed by atoms with Crippen LogP contribution in [0, 0.1) is 5.41 Å². The van der Waals surface area contributed by atoms with E-state index < -0.39 is 0 Å². The Labute approximate surface area is 119 Å². The molecule has 0 spiro atoms. The SMILES string of the molecule is CC1(CNC(=O)CCn2cncn2)CCCNC1.Cl. The molecule has 1 aromatic heterocycles. The zero-order valence-electron chi connectivity index (χ0n) is 11.3. The van der Waals surface area contributed by atoms with Crippen molar-refractivity contribution >= 4 is 18.3 Å². The van der Waals surface area contributed by atoms with E-state index in [1.54, 1.807) is 11.0 Å². The summed E-state index contributed by atoms with van der Waals surface area (Å²) in [5, 5.41) is 10.4. The van der Waals surface area contributed by atoms with Gasteiger partial charge in [-0.3, -0.25) is 9.48 Å². The van der Waals surface area contributed by atoms with Gasteiger partial charge in [-0.2, -0.15) is 5.10 Å². The second kappa shape index (κ2) is 7.45. The molecule has 2 N–H and O–H groups in total. The fourth-order valence-electron chi connectivity index (χ4n) is 2.23. The van der Waals surface area contributed by atoms with Crippen LogP contribution in [0.15, 0.2) is 12.7 Å². The first-order valence-corrected chi connectivity index (χ1v) is 6.48. The monoisotopic (exact) mass is 287 g/mol. The Morgan fingerprint density at radius 1 is 1.58 bits per heavy atom. The molecule has 1 atom stereocenters. The largest absolute Gasteiger partial charge is 0.355 e. The first-order valence-electron chi connectivity index (χ1n) is 6.48. The van der Waals surface area contributed by atoms with Crippen LogP contribution in [0.25, 0.3) is 0 Å². The molecule has 2 rings (SSSR count).